The SMILES string of the molecule is CCc1cccc(C)c1NCCC1CCNC1. The van der Waals surface area contributed by atoms with Crippen LogP contribution in [-0.2, 0) is 6.42 Å². The molecule has 1 fully saturated rings. The molecule has 1 atom stereocenters. The maximum absolute atomic E-state index is 3.63. The fraction of sp³-hybridized carbons (Fsp3) is 0.600. The van der Waals surface area contributed by atoms with Gasteiger partial charge in [0.1, 0.15) is 0 Å². The maximum atomic E-state index is 3.63. The fourth-order valence-corrected chi connectivity index (χ4v) is 2.64. The third kappa shape index (κ3) is 3.22. The Labute approximate surface area is 105 Å². The van der Waals surface area contributed by atoms with E-state index >= 15 is 0 Å². The lowest BCUT2D eigenvalue weighted by Crippen LogP contribution is -2.13. The summed E-state index contributed by atoms with van der Waals surface area (Å²) in [5, 5.41) is 7.06. The second-order valence-electron chi connectivity index (χ2n) is 5.04. The highest BCUT2D eigenvalue weighted by atomic mass is 14.9. The van der Waals surface area contributed by atoms with Crippen molar-refractivity contribution in [1.29, 1.82) is 0 Å². The number of hydrogen-bond acceptors (Lipinski definition) is 2. The van der Waals surface area contributed by atoms with E-state index in [-0.39, 0.29) is 0 Å². The predicted octanol–water partition coefficient (Wildman–Crippen LogP) is 2.97. The van der Waals surface area contributed by atoms with Crippen molar-refractivity contribution in [3.63, 3.8) is 0 Å². The van der Waals surface area contributed by atoms with Gasteiger partial charge in [0.05, 0.1) is 0 Å². The van der Waals surface area contributed by atoms with E-state index in [9.17, 15) is 0 Å². The number of aryl methyl sites for hydroxylation is 2. The van der Waals surface area contributed by atoms with Crippen LogP contribution in [-0.4, -0.2) is 19.6 Å². The average molecular weight is 232 g/mol. The Morgan fingerprint density at radius 2 is 2.29 bits per heavy atom. The summed E-state index contributed by atoms with van der Waals surface area (Å²) in [4.78, 5) is 0. The number of nitrogens with one attached hydrogen (secondary N) is 2. The van der Waals surface area contributed by atoms with Crippen molar-refractivity contribution in [3.05, 3.63) is 29.3 Å². The van der Waals surface area contributed by atoms with E-state index in [0.29, 0.717) is 0 Å². The highest BCUT2D eigenvalue weighted by molar-refractivity contribution is 5.57. The first-order valence-electron chi connectivity index (χ1n) is 6.84. The molecule has 0 spiro atoms. The molecule has 1 unspecified atom stereocenters. The van der Waals surface area contributed by atoms with E-state index in [1.165, 1.54) is 42.7 Å². The minimum atomic E-state index is 0.872. The molecule has 17 heavy (non-hydrogen) atoms. The van der Waals surface area contributed by atoms with Crippen LogP contribution in [0.15, 0.2) is 18.2 Å². The Morgan fingerprint density at radius 3 is 3.00 bits per heavy atom. The minimum absolute atomic E-state index is 0.872. The summed E-state index contributed by atoms with van der Waals surface area (Å²) in [7, 11) is 0. The van der Waals surface area contributed by atoms with Crippen LogP contribution >= 0.6 is 0 Å². The minimum Gasteiger partial charge on any atom is -0.385 e. The first-order valence-corrected chi connectivity index (χ1v) is 6.84. The van der Waals surface area contributed by atoms with Gasteiger partial charge < -0.3 is 10.6 Å². The number of hydrogen-bond donors (Lipinski definition) is 2. The third-order valence-corrected chi connectivity index (χ3v) is 3.76. The highest BCUT2D eigenvalue weighted by Gasteiger charge is 2.13. The van der Waals surface area contributed by atoms with E-state index in [1.807, 2.05) is 0 Å². The summed E-state index contributed by atoms with van der Waals surface area (Å²) in [6.07, 6.45) is 3.73. The predicted molar refractivity (Wildman–Crippen MR) is 74.6 cm³/mol. The number of benzene rings is 1. The van der Waals surface area contributed by atoms with Gasteiger partial charge in [-0.15, -0.1) is 0 Å². The molecule has 0 aliphatic carbocycles. The highest BCUT2D eigenvalue weighted by Crippen LogP contribution is 2.21. The van der Waals surface area contributed by atoms with Crippen LogP contribution in [0.4, 0.5) is 5.69 Å². The van der Waals surface area contributed by atoms with Gasteiger partial charge in [-0.25, -0.2) is 0 Å². The Balaban J connectivity index is 1.89. The summed E-state index contributed by atoms with van der Waals surface area (Å²) < 4.78 is 0. The molecule has 0 radical (unpaired) electrons. The molecule has 1 aromatic rings. The molecule has 2 nitrogen and oxygen atoms in total. The number of para-hydroxylation sites is 1. The largest absolute Gasteiger partial charge is 0.385 e. The monoisotopic (exact) mass is 232 g/mol. The first kappa shape index (κ1) is 12.4. The van der Waals surface area contributed by atoms with Crippen LogP contribution in [0.3, 0.4) is 0 Å². The van der Waals surface area contributed by atoms with Crippen molar-refractivity contribution in [2.75, 3.05) is 25.0 Å². The van der Waals surface area contributed by atoms with Crippen molar-refractivity contribution in [3.8, 4) is 0 Å². The molecule has 2 N–H and O–H groups in total. The molecular formula is C15H24N2. The zero-order valence-electron chi connectivity index (χ0n) is 11.1. The third-order valence-electron chi connectivity index (χ3n) is 3.76. The van der Waals surface area contributed by atoms with Crippen molar-refractivity contribution < 1.29 is 0 Å². The van der Waals surface area contributed by atoms with Gasteiger partial charge in [0.2, 0.25) is 0 Å². The maximum Gasteiger partial charge on any atom is 0.0402 e. The van der Waals surface area contributed by atoms with Gasteiger partial charge >= 0.3 is 0 Å². The average Bonchev–Trinajstić information content (AvgIpc) is 2.84. The van der Waals surface area contributed by atoms with E-state index < -0.39 is 0 Å². The first-order chi connectivity index (χ1) is 8.31. The van der Waals surface area contributed by atoms with Gasteiger partial charge in [-0.05, 0) is 56.3 Å². The molecule has 0 amide bonds. The Bertz CT molecular complexity index is 354. The molecule has 0 aromatic heterocycles. The second kappa shape index (κ2) is 6.06. The molecule has 2 rings (SSSR count). The van der Waals surface area contributed by atoms with Crippen molar-refractivity contribution >= 4 is 5.69 Å². The lowest BCUT2D eigenvalue weighted by molar-refractivity contribution is 0.549. The molecule has 2 heteroatoms. The van der Waals surface area contributed by atoms with Crippen molar-refractivity contribution in [1.82, 2.24) is 5.32 Å². The molecule has 1 aromatic carbocycles. The van der Waals surface area contributed by atoms with Crippen molar-refractivity contribution in [2.45, 2.75) is 33.1 Å². The molecule has 94 valence electrons. The summed E-state index contributed by atoms with van der Waals surface area (Å²) in [5.74, 6) is 0.872. The Hall–Kier alpha value is -1.02. The summed E-state index contributed by atoms with van der Waals surface area (Å²) >= 11 is 0. The lowest BCUT2D eigenvalue weighted by Gasteiger charge is -2.15. The fourth-order valence-electron chi connectivity index (χ4n) is 2.64. The summed E-state index contributed by atoms with van der Waals surface area (Å²) in [5.41, 5.74) is 4.17. The molecule has 1 saturated heterocycles. The standard InChI is InChI=1S/C15H24N2/c1-3-14-6-4-5-12(2)15(14)17-10-8-13-7-9-16-11-13/h4-6,13,16-17H,3,7-11H2,1-2H3. The van der Waals surface area contributed by atoms with Gasteiger partial charge in [0, 0.05) is 12.2 Å². The molecular weight excluding hydrogens is 208 g/mol. The quantitative estimate of drug-likeness (QED) is 0.815. The van der Waals surface area contributed by atoms with Gasteiger partial charge in [-0.3, -0.25) is 0 Å². The van der Waals surface area contributed by atoms with E-state index in [1.54, 1.807) is 0 Å². The normalized spacial score (nSPS) is 19.5. The topological polar surface area (TPSA) is 24.1 Å². The van der Waals surface area contributed by atoms with Crippen molar-refractivity contribution in [2.24, 2.45) is 5.92 Å². The molecule has 1 aliphatic heterocycles. The van der Waals surface area contributed by atoms with Gasteiger partial charge in [-0.1, -0.05) is 25.1 Å². The van der Waals surface area contributed by atoms with E-state index in [2.05, 4.69) is 42.7 Å². The van der Waals surface area contributed by atoms with Crippen LogP contribution in [0.5, 0.6) is 0 Å². The van der Waals surface area contributed by atoms with Gasteiger partial charge in [-0.2, -0.15) is 0 Å². The Morgan fingerprint density at radius 1 is 1.41 bits per heavy atom. The van der Waals surface area contributed by atoms with Crippen LogP contribution in [0.2, 0.25) is 0 Å². The smallest absolute Gasteiger partial charge is 0.0402 e. The molecule has 1 heterocycles. The van der Waals surface area contributed by atoms with Crippen LogP contribution in [0, 0.1) is 12.8 Å². The molecule has 0 saturated carbocycles. The number of rotatable bonds is 5. The summed E-state index contributed by atoms with van der Waals surface area (Å²) in [6.45, 7) is 7.93. The number of anilines is 1. The summed E-state index contributed by atoms with van der Waals surface area (Å²) in [6, 6.07) is 6.57. The van der Waals surface area contributed by atoms with Gasteiger partial charge in [0.15, 0.2) is 0 Å². The van der Waals surface area contributed by atoms with Gasteiger partial charge in [0.25, 0.3) is 0 Å². The van der Waals surface area contributed by atoms with Crippen LogP contribution in [0.1, 0.15) is 30.9 Å². The lowest BCUT2D eigenvalue weighted by atomic mass is 10.0. The zero-order valence-corrected chi connectivity index (χ0v) is 11.1. The van der Waals surface area contributed by atoms with Crippen LogP contribution in [0.25, 0.3) is 0 Å². The van der Waals surface area contributed by atoms with E-state index in [4.69, 9.17) is 0 Å². The van der Waals surface area contributed by atoms with Crippen LogP contribution < -0.4 is 10.6 Å². The Kier molecular flexibility index (Phi) is 4.43. The van der Waals surface area contributed by atoms with E-state index in [0.717, 1.165) is 18.9 Å². The zero-order chi connectivity index (χ0) is 12.1. The second-order valence-corrected chi connectivity index (χ2v) is 5.04. The molecule has 0 bridgehead atoms. The molecule has 1 aliphatic rings.